The summed E-state index contributed by atoms with van der Waals surface area (Å²) in [5, 5.41) is 2.09. The second-order valence-corrected chi connectivity index (χ2v) is 6.14. The van der Waals surface area contributed by atoms with Gasteiger partial charge in [-0.3, -0.25) is 4.79 Å². The summed E-state index contributed by atoms with van der Waals surface area (Å²) in [4.78, 5) is 15.4. The third-order valence-corrected chi connectivity index (χ3v) is 4.55. The van der Waals surface area contributed by atoms with Crippen molar-refractivity contribution in [2.45, 2.75) is 13.0 Å². The first-order chi connectivity index (χ1) is 9.22. The minimum atomic E-state index is 0.0318. The van der Waals surface area contributed by atoms with Gasteiger partial charge in [0.15, 0.2) is 4.67 Å². The lowest BCUT2D eigenvalue weighted by molar-refractivity contribution is -0.126. The number of halogens is 1. The maximum absolute atomic E-state index is 12.1. The van der Waals surface area contributed by atoms with Gasteiger partial charge in [-0.05, 0) is 57.6 Å². The van der Waals surface area contributed by atoms with Crippen molar-refractivity contribution in [2.24, 2.45) is 0 Å². The fourth-order valence-corrected chi connectivity index (χ4v) is 3.32. The van der Waals surface area contributed by atoms with Crippen LogP contribution in [0.25, 0.3) is 6.08 Å². The largest absolute Gasteiger partial charge is 0.450 e. The highest BCUT2D eigenvalue weighted by Crippen LogP contribution is 2.24. The molecule has 2 aromatic rings. The van der Waals surface area contributed by atoms with Gasteiger partial charge in [-0.15, -0.1) is 11.3 Å². The van der Waals surface area contributed by atoms with Gasteiger partial charge in [-0.1, -0.05) is 0 Å². The molecule has 5 heteroatoms. The number of hydrogen-bond donors (Lipinski definition) is 0. The summed E-state index contributed by atoms with van der Waals surface area (Å²) < 4.78 is 5.99. The number of carbonyl (C=O) groups excluding carboxylic acids is 1. The van der Waals surface area contributed by atoms with Gasteiger partial charge >= 0.3 is 0 Å². The lowest BCUT2D eigenvalue weighted by atomic mass is 10.1. The van der Waals surface area contributed by atoms with Crippen LogP contribution in [-0.2, 0) is 17.8 Å². The molecule has 0 aromatic carbocycles. The zero-order chi connectivity index (χ0) is 13.2. The molecule has 0 bridgehead atoms. The topological polar surface area (TPSA) is 33.5 Å². The molecule has 0 fully saturated rings. The van der Waals surface area contributed by atoms with E-state index >= 15 is 0 Å². The van der Waals surface area contributed by atoms with Gasteiger partial charge in [0.1, 0.15) is 5.76 Å². The molecule has 0 saturated carbocycles. The quantitative estimate of drug-likeness (QED) is 0.783. The first-order valence-corrected chi connectivity index (χ1v) is 7.67. The van der Waals surface area contributed by atoms with E-state index in [1.807, 2.05) is 17.0 Å². The van der Waals surface area contributed by atoms with E-state index in [1.165, 1.54) is 10.4 Å². The molecule has 1 amide bonds. The van der Waals surface area contributed by atoms with E-state index in [9.17, 15) is 4.79 Å². The van der Waals surface area contributed by atoms with Crippen LogP contribution in [0.3, 0.4) is 0 Å². The number of nitrogens with zero attached hydrogens (tertiary/aromatic N) is 1. The van der Waals surface area contributed by atoms with Gasteiger partial charge in [-0.2, -0.15) is 0 Å². The molecule has 0 radical (unpaired) electrons. The molecule has 3 nitrogen and oxygen atoms in total. The van der Waals surface area contributed by atoms with Crippen molar-refractivity contribution in [3.8, 4) is 0 Å². The predicted molar refractivity (Wildman–Crippen MR) is 78.9 cm³/mol. The average Bonchev–Trinajstić information content (AvgIpc) is 3.03. The molecule has 2 aromatic heterocycles. The first-order valence-electron chi connectivity index (χ1n) is 6.00. The molecule has 0 spiro atoms. The molecule has 0 aliphatic carbocycles. The zero-order valence-electron chi connectivity index (χ0n) is 10.1. The number of fused-ring (bicyclic) bond motifs is 1. The molecule has 1 aliphatic heterocycles. The third kappa shape index (κ3) is 2.82. The fraction of sp³-hybridized carbons (Fsp3) is 0.214. The van der Waals surface area contributed by atoms with Crippen LogP contribution in [0.4, 0.5) is 0 Å². The van der Waals surface area contributed by atoms with Crippen molar-refractivity contribution in [3.05, 3.63) is 50.5 Å². The van der Waals surface area contributed by atoms with E-state index in [2.05, 4.69) is 27.4 Å². The predicted octanol–water partition coefficient (Wildman–Crippen LogP) is 3.70. The average molecular weight is 338 g/mol. The lowest BCUT2D eigenvalue weighted by Crippen LogP contribution is -2.34. The highest BCUT2D eigenvalue weighted by Gasteiger charge is 2.19. The van der Waals surface area contributed by atoms with Crippen molar-refractivity contribution in [1.82, 2.24) is 4.90 Å². The summed E-state index contributed by atoms with van der Waals surface area (Å²) >= 11 is 5.01. The minimum absolute atomic E-state index is 0.0318. The van der Waals surface area contributed by atoms with Gasteiger partial charge in [-0.25, -0.2) is 0 Å². The Bertz CT molecular complexity index is 629. The van der Waals surface area contributed by atoms with Crippen LogP contribution >= 0.6 is 27.3 Å². The maximum Gasteiger partial charge on any atom is 0.247 e. The summed E-state index contributed by atoms with van der Waals surface area (Å²) in [6.45, 7) is 1.50. The van der Waals surface area contributed by atoms with Crippen LogP contribution in [-0.4, -0.2) is 17.4 Å². The summed E-state index contributed by atoms with van der Waals surface area (Å²) in [6, 6.07) is 5.73. The summed E-state index contributed by atoms with van der Waals surface area (Å²) in [5.74, 6) is 0.706. The van der Waals surface area contributed by atoms with Crippen LogP contribution in [0.5, 0.6) is 0 Å². The van der Waals surface area contributed by atoms with E-state index in [4.69, 9.17) is 4.42 Å². The van der Waals surface area contributed by atoms with Crippen molar-refractivity contribution < 1.29 is 9.21 Å². The molecule has 0 saturated heterocycles. The molecule has 0 unspecified atom stereocenters. The molecular weight excluding hydrogens is 326 g/mol. The van der Waals surface area contributed by atoms with Crippen molar-refractivity contribution >= 4 is 39.2 Å². The Balaban J connectivity index is 1.67. The van der Waals surface area contributed by atoms with Crippen molar-refractivity contribution in [2.75, 3.05) is 6.54 Å². The molecular formula is C14H12BrNO2S. The van der Waals surface area contributed by atoms with Crippen LogP contribution in [0.15, 0.2) is 38.7 Å². The van der Waals surface area contributed by atoms with Crippen molar-refractivity contribution in [3.63, 3.8) is 0 Å². The second kappa shape index (κ2) is 5.35. The Morgan fingerprint density at radius 3 is 3.11 bits per heavy atom. The SMILES string of the molecule is O=C(C=Cc1ccc(Br)o1)N1CCc2sccc2C1. The number of rotatable bonds is 2. The number of carbonyl (C=O) groups is 1. The van der Waals surface area contributed by atoms with Crippen molar-refractivity contribution in [1.29, 1.82) is 0 Å². The molecule has 19 heavy (non-hydrogen) atoms. The van der Waals surface area contributed by atoms with Gasteiger partial charge in [0, 0.05) is 24.0 Å². The van der Waals surface area contributed by atoms with E-state index in [0.717, 1.165) is 13.0 Å². The zero-order valence-corrected chi connectivity index (χ0v) is 12.5. The monoisotopic (exact) mass is 337 g/mol. The van der Waals surface area contributed by atoms with Gasteiger partial charge in [0.25, 0.3) is 0 Å². The van der Waals surface area contributed by atoms with E-state index in [-0.39, 0.29) is 5.91 Å². The Morgan fingerprint density at radius 1 is 1.42 bits per heavy atom. The minimum Gasteiger partial charge on any atom is -0.450 e. The Morgan fingerprint density at radius 2 is 2.32 bits per heavy atom. The van der Waals surface area contributed by atoms with Crippen LogP contribution < -0.4 is 0 Å². The highest BCUT2D eigenvalue weighted by atomic mass is 79.9. The van der Waals surface area contributed by atoms with Crippen LogP contribution in [0.2, 0.25) is 0 Å². The Labute approximate surface area is 123 Å². The summed E-state index contributed by atoms with van der Waals surface area (Å²) in [5.41, 5.74) is 1.28. The number of amides is 1. The molecule has 3 heterocycles. The highest BCUT2D eigenvalue weighted by molar-refractivity contribution is 9.10. The third-order valence-electron chi connectivity index (χ3n) is 3.10. The van der Waals surface area contributed by atoms with Crippen LogP contribution in [0.1, 0.15) is 16.2 Å². The van der Waals surface area contributed by atoms with E-state index in [1.54, 1.807) is 23.5 Å². The van der Waals surface area contributed by atoms with E-state index in [0.29, 0.717) is 17.0 Å². The van der Waals surface area contributed by atoms with Gasteiger partial charge < -0.3 is 9.32 Å². The molecule has 98 valence electrons. The Kier molecular flexibility index (Phi) is 3.57. The van der Waals surface area contributed by atoms with E-state index < -0.39 is 0 Å². The van der Waals surface area contributed by atoms with Crippen LogP contribution in [0, 0.1) is 0 Å². The smallest absolute Gasteiger partial charge is 0.247 e. The molecule has 0 atom stereocenters. The lowest BCUT2D eigenvalue weighted by Gasteiger charge is -2.25. The van der Waals surface area contributed by atoms with Gasteiger partial charge in [0.2, 0.25) is 5.91 Å². The van der Waals surface area contributed by atoms with Gasteiger partial charge in [0.05, 0.1) is 0 Å². The fourth-order valence-electron chi connectivity index (χ4n) is 2.11. The normalized spacial score (nSPS) is 14.9. The maximum atomic E-state index is 12.1. The number of thiophene rings is 1. The Hall–Kier alpha value is -1.33. The second-order valence-electron chi connectivity index (χ2n) is 4.35. The summed E-state index contributed by atoms with van der Waals surface area (Å²) in [6.07, 6.45) is 4.23. The number of furan rings is 1. The molecule has 3 rings (SSSR count). The molecule has 1 aliphatic rings. The molecule has 0 N–H and O–H groups in total. The summed E-state index contributed by atoms with van der Waals surface area (Å²) in [7, 11) is 0. The standard InChI is InChI=1S/C14H12BrNO2S/c15-13-3-1-11(18-13)2-4-14(17)16-7-5-12-10(9-16)6-8-19-12/h1-4,6,8H,5,7,9H2. The number of hydrogen-bond acceptors (Lipinski definition) is 3. The first kappa shape index (κ1) is 12.7.